The molecule has 6 nitrogen and oxygen atoms in total. The van der Waals surface area contributed by atoms with Gasteiger partial charge < -0.3 is 14.9 Å². The third-order valence-electron chi connectivity index (χ3n) is 3.11. The molecule has 108 valence electrons. The van der Waals surface area contributed by atoms with Gasteiger partial charge >= 0.3 is 0 Å². The van der Waals surface area contributed by atoms with Crippen molar-refractivity contribution in [1.82, 2.24) is 15.5 Å². The molecule has 20 heavy (non-hydrogen) atoms. The fraction of sp³-hybridized carbons (Fsp3) is 0.500. The van der Waals surface area contributed by atoms with Gasteiger partial charge in [0.15, 0.2) is 0 Å². The molecule has 0 unspecified atom stereocenters. The summed E-state index contributed by atoms with van der Waals surface area (Å²) < 4.78 is 5.11. The van der Waals surface area contributed by atoms with Crippen LogP contribution < -0.4 is 5.32 Å². The molecule has 0 bridgehead atoms. The first-order chi connectivity index (χ1) is 9.63. The third-order valence-corrected chi connectivity index (χ3v) is 3.11. The Hall–Kier alpha value is -1.95. The van der Waals surface area contributed by atoms with Crippen molar-refractivity contribution in [2.75, 3.05) is 13.2 Å². The van der Waals surface area contributed by atoms with Crippen LogP contribution in [0.25, 0.3) is 11.1 Å². The van der Waals surface area contributed by atoms with Crippen molar-refractivity contribution in [1.29, 1.82) is 0 Å². The zero-order chi connectivity index (χ0) is 14.5. The number of hydrogen-bond acceptors (Lipinski definition) is 5. The number of carbonyl (C=O) groups is 1. The van der Waals surface area contributed by atoms with Crippen molar-refractivity contribution in [2.45, 2.75) is 33.1 Å². The molecule has 1 amide bonds. The van der Waals surface area contributed by atoms with Crippen molar-refractivity contribution in [3.8, 4) is 0 Å². The Kier molecular flexibility index (Phi) is 4.68. The van der Waals surface area contributed by atoms with Crippen molar-refractivity contribution in [3.63, 3.8) is 0 Å². The second kappa shape index (κ2) is 6.47. The van der Waals surface area contributed by atoms with Crippen LogP contribution in [0.2, 0.25) is 0 Å². The summed E-state index contributed by atoms with van der Waals surface area (Å²) in [5.74, 6) is -0.143. The van der Waals surface area contributed by atoms with E-state index in [-0.39, 0.29) is 12.5 Å². The third kappa shape index (κ3) is 3.14. The lowest BCUT2D eigenvalue weighted by atomic mass is 10.1. The molecule has 0 aliphatic carbocycles. The van der Waals surface area contributed by atoms with Crippen LogP contribution in [0.15, 0.2) is 10.6 Å². The maximum absolute atomic E-state index is 12.2. The number of amides is 1. The number of rotatable bonds is 6. The number of unbranched alkanes of at least 4 members (excludes halogenated alkanes) is 2. The second-order valence-electron chi connectivity index (χ2n) is 4.80. The number of aliphatic hydroxyl groups excluding tert-OH is 1. The number of carbonyl (C=O) groups excluding carboxylic acids is 1. The average molecular weight is 277 g/mol. The van der Waals surface area contributed by atoms with Gasteiger partial charge in [0, 0.05) is 18.8 Å². The van der Waals surface area contributed by atoms with E-state index < -0.39 is 0 Å². The van der Waals surface area contributed by atoms with Gasteiger partial charge in [0.1, 0.15) is 0 Å². The van der Waals surface area contributed by atoms with Gasteiger partial charge in [-0.3, -0.25) is 4.79 Å². The van der Waals surface area contributed by atoms with Crippen LogP contribution in [0.1, 0.15) is 41.0 Å². The lowest BCUT2D eigenvalue weighted by molar-refractivity contribution is 0.0954. The molecule has 2 N–H and O–H groups in total. The van der Waals surface area contributed by atoms with Crippen molar-refractivity contribution in [2.24, 2.45) is 0 Å². The molecule has 0 radical (unpaired) electrons. The van der Waals surface area contributed by atoms with E-state index in [1.165, 1.54) is 0 Å². The van der Waals surface area contributed by atoms with Crippen LogP contribution in [-0.2, 0) is 0 Å². The molecule has 2 aromatic rings. The number of aryl methyl sites for hydroxylation is 2. The molecular formula is C14H19N3O3. The van der Waals surface area contributed by atoms with Gasteiger partial charge in [-0.05, 0) is 39.2 Å². The number of aliphatic hydroxyl groups is 1. The largest absolute Gasteiger partial charge is 0.396 e. The van der Waals surface area contributed by atoms with E-state index in [1.54, 1.807) is 13.0 Å². The second-order valence-corrected chi connectivity index (χ2v) is 4.80. The summed E-state index contributed by atoms with van der Waals surface area (Å²) in [6, 6.07) is 1.75. The van der Waals surface area contributed by atoms with Gasteiger partial charge in [-0.1, -0.05) is 5.16 Å². The van der Waals surface area contributed by atoms with Crippen LogP contribution in [0.5, 0.6) is 0 Å². The minimum Gasteiger partial charge on any atom is -0.396 e. The van der Waals surface area contributed by atoms with Crippen molar-refractivity contribution < 1.29 is 14.4 Å². The maximum atomic E-state index is 12.2. The van der Waals surface area contributed by atoms with E-state index >= 15 is 0 Å². The van der Waals surface area contributed by atoms with Gasteiger partial charge in [0.25, 0.3) is 11.6 Å². The molecule has 0 spiro atoms. The van der Waals surface area contributed by atoms with Crippen LogP contribution in [0.4, 0.5) is 0 Å². The lowest BCUT2D eigenvalue weighted by Gasteiger charge is -2.06. The van der Waals surface area contributed by atoms with E-state index in [2.05, 4.69) is 15.5 Å². The van der Waals surface area contributed by atoms with E-state index in [4.69, 9.17) is 9.63 Å². The summed E-state index contributed by atoms with van der Waals surface area (Å²) in [5.41, 5.74) is 2.33. The Morgan fingerprint density at radius 1 is 1.35 bits per heavy atom. The van der Waals surface area contributed by atoms with Crippen LogP contribution in [-0.4, -0.2) is 34.3 Å². The zero-order valence-electron chi connectivity index (χ0n) is 11.8. The summed E-state index contributed by atoms with van der Waals surface area (Å²) >= 11 is 0. The van der Waals surface area contributed by atoms with Crippen molar-refractivity contribution in [3.05, 3.63) is 23.0 Å². The highest BCUT2D eigenvalue weighted by Crippen LogP contribution is 2.21. The smallest absolute Gasteiger partial charge is 0.258 e. The number of nitrogens with zero attached hydrogens (tertiary/aromatic N) is 2. The standard InChI is InChI=1S/C14H19N3O3/c1-9-8-11(12-10(2)17-20-14(12)16-9)13(19)15-6-4-3-5-7-18/h8,18H,3-7H2,1-2H3,(H,15,19). The molecule has 2 rings (SSSR count). The maximum Gasteiger partial charge on any atom is 0.258 e. The number of aromatic nitrogens is 2. The van der Waals surface area contributed by atoms with E-state index in [9.17, 15) is 4.79 Å². The van der Waals surface area contributed by atoms with E-state index in [0.717, 1.165) is 25.0 Å². The molecule has 2 heterocycles. The highest BCUT2D eigenvalue weighted by molar-refractivity contribution is 6.05. The zero-order valence-corrected chi connectivity index (χ0v) is 11.8. The minimum atomic E-state index is -0.143. The Morgan fingerprint density at radius 3 is 2.90 bits per heavy atom. The summed E-state index contributed by atoms with van der Waals surface area (Å²) in [4.78, 5) is 16.5. The minimum absolute atomic E-state index is 0.143. The summed E-state index contributed by atoms with van der Waals surface area (Å²) in [6.07, 6.45) is 2.51. The summed E-state index contributed by atoms with van der Waals surface area (Å²) in [7, 11) is 0. The van der Waals surface area contributed by atoms with E-state index in [1.807, 2.05) is 6.92 Å². The molecule has 0 atom stereocenters. The molecular weight excluding hydrogens is 258 g/mol. The molecule has 0 saturated heterocycles. The molecule has 0 fully saturated rings. The van der Waals surface area contributed by atoms with Gasteiger partial charge in [-0.2, -0.15) is 0 Å². The first kappa shape index (κ1) is 14.5. The average Bonchev–Trinajstić information content (AvgIpc) is 2.79. The lowest BCUT2D eigenvalue weighted by Crippen LogP contribution is -2.25. The predicted molar refractivity (Wildman–Crippen MR) is 74.5 cm³/mol. The van der Waals surface area contributed by atoms with Crippen LogP contribution in [0.3, 0.4) is 0 Å². The topological polar surface area (TPSA) is 88.2 Å². The Labute approximate surface area is 117 Å². The predicted octanol–water partition coefficient (Wildman–Crippen LogP) is 1.73. The number of pyridine rings is 1. The van der Waals surface area contributed by atoms with Gasteiger partial charge in [-0.25, -0.2) is 4.98 Å². The number of hydrogen-bond donors (Lipinski definition) is 2. The molecule has 0 aliphatic rings. The highest BCUT2D eigenvalue weighted by Gasteiger charge is 2.17. The highest BCUT2D eigenvalue weighted by atomic mass is 16.5. The quantitative estimate of drug-likeness (QED) is 0.785. The molecule has 6 heteroatoms. The van der Waals surface area contributed by atoms with Crippen LogP contribution in [0, 0.1) is 13.8 Å². The Morgan fingerprint density at radius 2 is 2.15 bits per heavy atom. The fourth-order valence-electron chi connectivity index (χ4n) is 2.11. The molecule has 0 aliphatic heterocycles. The molecule has 2 aromatic heterocycles. The Balaban J connectivity index is 2.11. The molecule has 0 aromatic carbocycles. The first-order valence-electron chi connectivity index (χ1n) is 6.76. The summed E-state index contributed by atoms with van der Waals surface area (Å²) in [5, 5.41) is 16.1. The first-order valence-corrected chi connectivity index (χ1v) is 6.76. The Bertz CT molecular complexity index is 607. The number of nitrogens with one attached hydrogen (secondary N) is 1. The van der Waals surface area contributed by atoms with Crippen LogP contribution >= 0.6 is 0 Å². The summed E-state index contributed by atoms with van der Waals surface area (Å²) in [6.45, 7) is 4.39. The fourth-order valence-corrected chi connectivity index (χ4v) is 2.11. The van der Waals surface area contributed by atoms with Gasteiger partial charge in [0.2, 0.25) is 0 Å². The SMILES string of the molecule is Cc1cc(C(=O)NCCCCCO)c2c(C)noc2n1. The monoisotopic (exact) mass is 277 g/mol. The van der Waals surface area contributed by atoms with E-state index in [0.29, 0.717) is 28.9 Å². The normalized spacial score (nSPS) is 10.9. The van der Waals surface area contributed by atoms with Gasteiger partial charge in [0.05, 0.1) is 16.6 Å². The van der Waals surface area contributed by atoms with Gasteiger partial charge in [-0.15, -0.1) is 0 Å². The molecule has 0 saturated carbocycles. The van der Waals surface area contributed by atoms with Crippen molar-refractivity contribution >= 4 is 17.0 Å². The number of fused-ring (bicyclic) bond motifs is 1.